The first kappa shape index (κ1) is 22.9. The fourth-order valence-corrected chi connectivity index (χ4v) is 5.74. The molecule has 32 heavy (non-hydrogen) atoms. The van der Waals surface area contributed by atoms with Gasteiger partial charge in [0, 0.05) is 42.5 Å². The Balaban J connectivity index is 1.35. The molecule has 8 nitrogen and oxygen atoms in total. The van der Waals surface area contributed by atoms with Gasteiger partial charge in [-0.15, -0.1) is 0 Å². The molecule has 1 aliphatic heterocycles. The molecule has 0 aromatic carbocycles. The molecule has 2 fully saturated rings. The minimum Gasteiger partial charge on any atom is -0.360 e. The molecule has 1 saturated heterocycles. The molecule has 0 spiro atoms. The minimum atomic E-state index is -3.63. The highest BCUT2D eigenvalue weighted by atomic mass is 32.2. The summed E-state index contributed by atoms with van der Waals surface area (Å²) in [6.07, 6.45) is 6.57. The summed E-state index contributed by atoms with van der Waals surface area (Å²) in [4.78, 5) is 17.1. The van der Waals surface area contributed by atoms with E-state index in [1.54, 1.807) is 18.2 Å². The highest BCUT2D eigenvalue weighted by Crippen LogP contribution is 2.40. The zero-order chi connectivity index (χ0) is 22.9. The number of hydrogen-bond donors (Lipinski definition) is 1. The van der Waals surface area contributed by atoms with Crippen molar-refractivity contribution in [1.82, 2.24) is 19.8 Å². The molecule has 2 aromatic rings. The second kappa shape index (κ2) is 9.31. The number of hydrogen-bond acceptors (Lipinski definition) is 6. The Bertz CT molecular complexity index is 1040. The first-order valence-electron chi connectivity index (χ1n) is 11.5. The van der Waals surface area contributed by atoms with E-state index in [4.69, 9.17) is 4.52 Å². The van der Waals surface area contributed by atoms with E-state index in [2.05, 4.69) is 29.3 Å². The van der Waals surface area contributed by atoms with Gasteiger partial charge in [-0.25, -0.2) is 8.42 Å². The third-order valence-corrected chi connectivity index (χ3v) is 8.27. The van der Waals surface area contributed by atoms with Gasteiger partial charge >= 0.3 is 0 Å². The number of nitrogens with zero attached hydrogens (tertiary/aromatic N) is 3. The van der Waals surface area contributed by atoms with Gasteiger partial charge in [-0.05, 0) is 63.5 Å². The number of pyridine rings is 1. The minimum absolute atomic E-state index is 0.110. The van der Waals surface area contributed by atoms with E-state index in [1.807, 2.05) is 6.92 Å². The van der Waals surface area contributed by atoms with E-state index < -0.39 is 10.0 Å². The van der Waals surface area contributed by atoms with Crippen molar-refractivity contribution in [3.05, 3.63) is 41.5 Å². The fourth-order valence-electron chi connectivity index (χ4n) is 4.14. The Morgan fingerprint density at radius 1 is 1.28 bits per heavy atom. The largest absolute Gasteiger partial charge is 0.360 e. The van der Waals surface area contributed by atoms with Crippen LogP contribution in [-0.2, 0) is 16.4 Å². The zero-order valence-corrected chi connectivity index (χ0v) is 19.8. The van der Waals surface area contributed by atoms with Crippen LogP contribution in [0.3, 0.4) is 0 Å². The summed E-state index contributed by atoms with van der Waals surface area (Å²) < 4.78 is 33.1. The lowest BCUT2D eigenvalue weighted by Gasteiger charge is -2.36. The second-order valence-electron chi connectivity index (χ2n) is 9.47. The second-order valence-corrected chi connectivity index (χ2v) is 11.4. The van der Waals surface area contributed by atoms with Crippen molar-refractivity contribution < 1.29 is 17.7 Å². The normalized spacial score (nSPS) is 22.2. The molecule has 1 saturated carbocycles. The van der Waals surface area contributed by atoms with E-state index in [0.717, 1.165) is 37.1 Å². The first-order valence-corrected chi connectivity index (χ1v) is 12.9. The topological polar surface area (TPSA) is 105 Å². The van der Waals surface area contributed by atoms with Gasteiger partial charge in [-0.1, -0.05) is 19.0 Å². The molecule has 2 aromatic heterocycles. The predicted octanol–water partition coefficient (Wildman–Crippen LogP) is 3.51. The van der Waals surface area contributed by atoms with Crippen LogP contribution in [0.15, 0.2) is 33.8 Å². The van der Waals surface area contributed by atoms with Gasteiger partial charge in [-0.2, -0.15) is 4.31 Å². The van der Waals surface area contributed by atoms with Crippen LogP contribution in [0.1, 0.15) is 80.7 Å². The van der Waals surface area contributed by atoms with Gasteiger partial charge in [0.15, 0.2) is 5.69 Å². The lowest BCUT2D eigenvalue weighted by Crippen LogP contribution is -2.50. The number of nitrogens with one attached hydrogen (secondary N) is 1. The molecule has 1 N–H and O–H groups in total. The van der Waals surface area contributed by atoms with Crippen LogP contribution < -0.4 is 5.32 Å². The molecular formula is C23H32N4O4S. The summed E-state index contributed by atoms with van der Waals surface area (Å²) in [5.41, 5.74) is 1.20. The number of aromatic nitrogens is 2. The number of carbonyl (C=O) groups is 1. The Morgan fingerprint density at radius 2 is 2.06 bits per heavy atom. The van der Waals surface area contributed by atoms with E-state index in [-0.39, 0.29) is 22.9 Å². The Morgan fingerprint density at radius 3 is 2.69 bits per heavy atom. The summed E-state index contributed by atoms with van der Waals surface area (Å²) in [5.74, 6) is 1.48. The summed E-state index contributed by atoms with van der Waals surface area (Å²) in [5, 5.41) is 6.87. The van der Waals surface area contributed by atoms with E-state index in [9.17, 15) is 13.2 Å². The molecule has 0 radical (unpaired) electrons. The molecule has 0 unspecified atom stereocenters. The van der Waals surface area contributed by atoms with Gasteiger partial charge in [0.2, 0.25) is 10.0 Å². The van der Waals surface area contributed by atoms with Crippen LogP contribution >= 0.6 is 0 Å². The molecule has 1 aliphatic carbocycles. The molecule has 3 heterocycles. The Kier molecular flexibility index (Phi) is 6.67. The maximum absolute atomic E-state index is 13.2. The molecule has 1 amide bonds. The van der Waals surface area contributed by atoms with Crippen molar-refractivity contribution in [2.75, 3.05) is 6.54 Å². The van der Waals surface area contributed by atoms with E-state index in [1.165, 1.54) is 10.5 Å². The average Bonchev–Trinajstić information content (AvgIpc) is 3.48. The van der Waals surface area contributed by atoms with Crippen molar-refractivity contribution in [2.24, 2.45) is 5.92 Å². The first-order chi connectivity index (χ1) is 15.2. The van der Waals surface area contributed by atoms with Crippen molar-refractivity contribution in [3.8, 4) is 0 Å². The van der Waals surface area contributed by atoms with Crippen molar-refractivity contribution >= 4 is 15.9 Å². The van der Waals surface area contributed by atoms with Crippen molar-refractivity contribution in [3.63, 3.8) is 0 Å². The number of aryl methyl sites for hydroxylation is 1. The highest BCUT2D eigenvalue weighted by molar-refractivity contribution is 7.89. The van der Waals surface area contributed by atoms with Crippen molar-refractivity contribution in [2.45, 2.75) is 82.2 Å². The number of piperidine rings is 1. The van der Waals surface area contributed by atoms with Gasteiger partial charge in [0.25, 0.3) is 5.91 Å². The van der Waals surface area contributed by atoms with Gasteiger partial charge in [-0.3, -0.25) is 9.78 Å². The maximum atomic E-state index is 13.2. The van der Waals surface area contributed by atoms with Gasteiger partial charge in [0.05, 0.1) is 0 Å². The van der Waals surface area contributed by atoms with Crippen molar-refractivity contribution in [1.29, 1.82) is 0 Å². The summed E-state index contributed by atoms with van der Waals surface area (Å²) in [6.45, 7) is 6.53. The molecule has 2 atom stereocenters. The molecule has 2 aliphatic rings. The van der Waals surface area contributed by atoms with E-state index >= 15 is 0 Å². The van der Waals surface area contributed by atoms with E-state index in [0.29, 0.717) is 36.9 Å². The lowest BCUT2D eigenvalue weighted by atomic mass is 10.0. The third kappa shape index (κ3) is 5.20. The zero-order valence-electron chi connectivity index (χ0n) is 19.0. The van der Waals surface area contributed by atoms with Crippen LogP contribution in [0.5, 0.6) is 0 Å². The molecular weight excluding hydrogens is 428 g/mol. The van der Waals surface area contributed by atoms with Crippen LogP contribution in [-0.4, -0.2) is 47.4 Å². The number of carbonyl (C=O) groups excluding carboxylic acids is 1. The predicted molar refractivity (Wildman–Crippen MR) is 120 cm³/mol. The SMILES string of the molecule is CC(C)CCc1ccc(S(=O)(=O)N2CC[C@H](NC(=O)c3cc(C4CC4)on3)C[C@@H]2C)cn1. The molecule has 9 heteroatoms. The average molecular weight is 461 g/mol. The van der Waals surface area contributed by atoms with Crippen LogP contribution in [0.4, 0.5) is 0 Å². The maximum Gasteiger partial charge on any atom is 0.273 e. The molecule has 4 rings (SSSR count). The third-order valence-electron chi connectivity index (χ3n) is 6.27. The Hall–Kier alpha value is -2.26. The molecule has 0 bridgehead atoms. The van der Waals surface area contributed by atoms with Crippen LogP contribution in [0, 0.1) is 5.92 Å². The number of sulfonamides is 1. The fraction of sp³-hybridized carbons (Fsp3) is 0.609. The monoisotopic (exact) mass is 460 g/mol. The summed E-state index contributed by atoms with van der Waals surface area (Å²) in [6, 6.07) is 4.83. The Labute approximate surface area is 189 Å². The summed E-state index contributed by atoms with van der Waals surface area (Å²) >= 11 is 0. The smallest absolute Gasteiger partial charge is 0.273 e. The molecule has 174 valence electrons. The van der Waals surface area contributed by atoms with Gasteiger partial charge < -0.3 is 9.84 Å². The van der Waals surface area contributed by atoms with Gasteiger partial charge in [0.1, 0.15) is 10.7 Å². The number of rotatable bonds is 8. The number of amides is 1. The van der Waals surface area contributed by atoms with Crippen LogP contribution in [0.25, 0.3) is 0 Å². The summed E-state index contributed by atoms with van der Waals surface area (Å²) in [7, 11) is -3.63. The quantitative estimate of drug-likeness (QED) is 0.646. The standard InChI is InChI=1S/C23H32N4O4S/c1-15(2)4-7-18-8-9-20(14-24-18)32(29,30)27-11-10-19(12-16(27)3)25-23(28)21-13-22(31-26-21)17-5-6-17/h8-9,13-17,19H,4-7,10-12H2,1-3H3,(H,25,28)/t16-,19-/m0/s1. The lowest BCUT2D eigenvalue weighted by molar-refractivity contribution is 0.0905. The van der Waals surface area contributed by atoms with Crippen LogP contribution in [0.2, 0.25) is 0 Å². The highest BCUT2D eigenvalue weighted by Gasteiger charge is 2.36.